The molecule has 1 aliphatic carbocycles. The minimum Gasteiger partial charge on any atom is -0.352 e. The number of benzene rings is 2. The molecule has 5 nitrogen and oxygen atoms in total. The van der Waals surface area contributed by atoms with Gasteiger partial charge in [-0.3, -0.25) is 4.79 Å². The zero-order valence-corrected chi connectivity index (χ0v) is 17.3. The summed E-state index contributed by atoms with van der Waals surface area (Å²) in [4.78, 5) is 16.9. The van der Waals surface area contributed by atoms with Gasteiger partial charge >= 0.3 is 0 Å². The van der Waals surface area contributed by atoms with Crippen LogP contribution in [0, 0.1) is 5.92 Å². The molecule has 0 N–H and O–H groups in total. The van der Waals surface area contributed by atoms with Gasteiger partial charge in [-0.05, 0) is 41.7 Å². The number of piperazine rings is 1. The number of carbonyl (C=O) groups is 1. The summed E-state index contributed by atoms with van der Waals surface area (Å²) in [6, 6.07) is 18.8. The van der Waals surface area contributed by atoms with Gasteiger partial charge in [0.05, 0.1) is 5.69 Å². The molecule has 0 radical (unpaired) electrons. The number of hydrogen-bond acceptors (Lipinski definition) is 4. The van der Waals surface area contributed by atoms with Crippen molar-refractivity contribution in [1.82, 2.24) is 15.1 Å². The fourth-order valence-electron chi connectivity index (χ4n) is 4.86. The molecule has 0 unspecified atom stereocenters. The quantitative estimate of drug-likeness (QED) is 0.646. The molecular weight excluding hydrogens is 372 g/mol. The highest BCUT2D eigenvalue weighted by Crippen LogP contribution is 2.29. The number of carbonyl (C=O) groups excluding carboxylic acids is 1. The van der Waals surface area contributed by atoms with Gasteiger partial charge in [-0.15, -0.1) is 10.2 Å². The smallest absolute Gasteiger partial charge is 0.222 e. The number of nitrogens with zero attached hydrogens (tertiary/aromatic N) is 4. The molecule has 1 amide bonds. The predicted molar refractivity (Wildman–Crippen MR) is 120 cm³/mol. The Hall–Kier alpha value is -2.95. The van der Waals surface area contributed by atoms with E-state index < -0.39 is 0 Å². The number of anilines is 1. The second-order valence-corrected chi connectivity index (χ2v) is 8.53. The van der Waals surface area contributed by atoms with Gasteiger partial charge in [0, 0.05) is 38.2 Å². The summed E-state index contributed by atoms with van der Waals surface area (Å²) in [5.41, 5.74) is 2.00. The zero-order chi connectivity index (χ0) is 20.3. The fourth-order valence-corrected chi connectivity index (χ4v) is 4.86. The maximum Gasteiger partial charge on any atom is 0.222 e. The molecule has 1 saturated carbocycles. The van der Waals surface area contributed by atoms with Crippen LogP contribution in [0.15, 0.2) is 54.6 Å². The molecule has 1 aromatic heterocycles. The van der Waals surface area contributed by atoms with Crippen LogP contribution >= 0.6 is 0 Å². The molecular formula is C25H28N4O. The van der Waals surface area contributed by atoms with Crippen molar-refractivity contribution in [3.63, 3.8) is 0 Å². The van der Waals surface area contributed by atoms with Gasteiger partial charge in [-0.1, -0.05) is 55.3 Å². The maximum absolute atomic E-state index is 12.6. The van der Waals surface area contributed by atoms with Gasteiger partial charge in [0.1, 0.15) is 0 Å². The highest BCUT2D eigenvalue weighted by Gasteiger charge is 2.25. The second kappa shape index (κ2) is 8.42. The van der Waals surface area contributed by atoms with Crippen LogP contribution in [0.5, 0.6) is 0 Å². The van der Waals surface area contributed by atoms with E-state index in [1.807, 2.05) is 4.90 Å². The number of fused-ring (bicyclic) bond motifs is 1. The molecule has 0 bridgehead atoms. The Kier molecular flexibility index (Phi) is 5.35. The number of rotatable bonds is 4. The van der Waals surface area contributed by atoms with E-state index in [2.05, 4.69) is 69.7 Å². The third kappa shape index (κ3) is 3.89. The minimum atomic E-state index is 0.332. The summed E-state index contributed by atoms with van der Waals surface area (Å²) < 4.78 is 0. The number of amides is 1. The molecule has 1 saturated heterocycles. The van der Waals surface area contributed by atoms with Crippen LogP contribution in [0.25, 0.3) is 22.0 Å². The Morgan fingerprint density at radius 3 is 2.40 bits per heavy atom. The lowest BCUT2D eigenvalue weighted by atomic mass is 10.0. The molecule has 2 aliphatic rings. The van der Waals surface area contributed by atoms with Gasteiger partial charge in [-0.25, -0.2) is 0 Å². The first-order chi connectivity index (χ1) is 14.8. The van der Waals surface area contributed by atoms with E-state index in [4.69, 9.17) is 0 Å². The summed E-state index contributed by atoms with van der Waals surface area (Å²) in [5.74, 6) is 1.84. The van der Waals surface area contributed by atoms with Gasteiger partial charge < -0.3 is 9.80 Å². The van der Waals surface area contributed by atoms with Gasteiger partial charge in [-0.2, -0.15) is 0 Å². The molecule has 5 heteroatoms. The van der Waals surface area contributed by atoms with Crippen LogP contribution in [0.2, 0.25) is 0 Å². The molecule has 2 heterocycles. The molecule has 154 valence electrons. The Labute approximate surface area is 177 Å². The molecule has 1 aliphatic heterocycles. The molecule has 5 rings (SSSR count). The average molecular weight is 401 g/mol. The summed E-state index contributed by atoms with van der Waals surface area (Å²) in [7, 11) is 0. The van der Waals surface area contributed by atoms with Crippen molar-refractivity contribution in [2.24, 2.45) is 5.92 Å². The van der Waals surface area contributed by atoms with Crippen LogP contribution in [0.4, 0.5) is 5.82 Å². The summed E-state index contributed by atoms with van der Waals surface area (Å²) in [6.07, 6.45) is 5.77. The Morgan fingerprint density at radius 1 is 0.867 bits per heavy atom. The van der Waals surface area contributed by atoms with E-state index in [1.165, 1.54) is 36.5 Å². The molecule has 2 fully saturated rings. The van der Waals surface area contributed by atoms with Crippen molar-refractivity contribution < 1.29 is 4.79 Å². The van der Waals surface area contributed by atoms with Crippen molar-refractivity contribution in [3.05, 3.63) is 54.6 Å². The summed E-state index contributed by atoms with van der Waals surface area (Å²) in [5, 5.41) is 11.4. The first kappa shape index (κ1) is 19.0. The van der Waals surface area contributed by atoms with Crippen molar-refractivity contribution in [1.29, 1.82) is 0 Å². The first-order valence-electron chi connectivity index (χ1n) is 11.1. The molecule has 2 aromatic carbocycles. The van der Waals surface area contributed by atoms with E-state index in [0.29, 0.717) is 11.8 Å². The second-order valence-electron chi connectivity index (χ2n) is 8.53. The summed E-state index contributed by atoms with van der Waals surface area (Å²) >= 11 is 0. The third-order valence-corrected chi connectivity index (χ3v) is 6.61. The topological polar surface area (TPSA) is 49.3 Å². The van der Waals surface area contributed by atoms with E-state index in [-0.39, 0.29) is 0 Å². The molecule has 0 spiro atoms. The number of aromatic nitrogens is 2. The van der Waals surface area contributed by atoms with Crippen LogP contribution < -0.4 is 4.90 Å². The SMILES string of the molecule is O=C(CC1CCCC1)N1CCN(c2ccc(-c3cccc4ccccc34)nn2)CC1. The van der Waals surface area contributed by atoms with Crippen LogP contribution in [-0.2, 0) is 4.79 Å². The van der Waals surface area contributed by atoms with Gasteiger partial charge in [0.25, 0.3) is 0 Å². The van der Waals surface area contributed by atoms with Crippen molar-refractivity contribution in [2.75, 3.05) is 31.1 Å². The van der Waals surface area contributed by atoms with E-state index in [0.717, 1.165) is 49.7 Å². The highest BCUT2D eigenvalue weighted by atomic mass is 16.2. The fraction of sp³-hybridized carbons (Fsp3) is 0.400. The molecule has 30 heavy (non-hydrogen) atoms. The van der Waals surface area contributed by atoms with Crippen LogP contribution in [0.3, 0.4) is 0 Å². The standard InChI is InChI=1S/C25H28N4O/c30-25(18-19-6-1-2-7-19)29-16-14-28(15-17-29)24-13-12-23(26-27-24)22-11-5-9-20-8-3-4-10-21(20)22/h3-5,8-13,19H,1-2,6-7,14-18H2. The van der Waals surface area contributed by atoms with E-state index in [9.17, 15) is 4.79 Å². The minimum absolute atomic E-state index is 0.332. The lowest BCUT2D eigenvalue weighted by Gasteiger charge is -2.35. The zero-order valence-electron chi connectivity index (χ0n) is 17.3. The summed E-state index contributed by atoms with van der Waals surface area (Å²) in [6.45, 7) is 3.19. The normalized spacial score (nSPS) is 17.6. The lowest BCUT2D eigenvalue weighted by Crippen LogP contribution is -2.49. The van der Waals surface area contributed by atoms with Crippen molar-refractivity contribution in [3.8, 4) is 11.3 Å². The monoisotopic (exact) mass is 400 g/mol. The Morgan fingerprint density at radius 2 is 1.63 bits per heavy atom. The third-order valence-electron chi connectivity index (χ3n) is 6.61. The molecule has 3 aromatic rings. The number of hydrogen-bond donors (Lipinski definition) is 0. The predicted octanol–water partition coefficient (Wildman–Crippen LogP) is 4.53. The van der Waals surface area contributed by atoms with Gasteiger partial charge in [0.15, 0.2) is 5.82 Å². The van der Waals surface area contributed by atoms with Crippen LogP contribution in [0.1, 0.15) is 32.1 Å². The molecule has 0 atom stereocenters. The van der Waals surface area contributed by atoms with Crippen LogP contribution in [-0.4, -0.2) is 47.2 Å². The van der Waals surface area contributed by atoms with Crippen molar-refractivity contribution >= 4 is 22.5 Å². The highest BCUT2D eigenvalue weighted by molar-refractivity contribution is 5.95. The van der Waals surface area contributed by atoms with Gasteiger partial charge in [0.2, 0.25) is 5.91 Å². The average Bonchev–Trinajstić information content (AvgIpc) is 3.32. The van der Waals surface area contributed by atoms with E-state index in [1.54, 1.807) is 0 Å². The first-order valence-corrected chi connectivity index (χ1v) is 11.1. The Balaban J connectivity index is 1.24. The van der Waals surface area contributed by atoms with Crippen molar-refractivity contribution in [2.45, 2.75) is 32.1 Å². The maximum atomic E-state index is 12.6. The van der Waals surface area contributed by atoms with E-state index >= 15 is 0 Å². The largest absolute Gasteiger partial charge is 0.352 e. The Bertz CT molecular complexity index is 1010. The lowest BCUT2D eigenvalue weighted by molar-refractivity contribution is -0.132.